The van der Waals surface area contributed by atoms with E-state index in [9.17, 15) is 9.18 Å². The summed E-state index contributed by atoms with van der Waals surface area (Å²) < 4.78 is 14.0. The molecule has 0 saturated carbocycles. The lowest BCUT2D eigenvalue weighted by Gasteiger charge is -2.38. The number of benzene rings is 1. The van der Waals surface area contributed by atoms with E-state index in [0.29, 0.717) is 18.8 Å². The average Bonchev–Trinajstić information content (AvgIpc) is 2.66. The van der Waals surface area contributed by atoms with Gasteiger partial charge in [0, 0.05) is 39.3 Å². The molecule has 1 aromatic rings. The Kier molecular flexibility index (Phi) is 9.98. The van der Waals surface area contributed by atoms with Crippen molar-refractivity contribution in [3.05, 3.63) is 30.1 Å². The molecule has 0 spiro atoms. The van der Waals surface area contributed by atoms with E-state index in [2.05, 4.69) is 20.4 Å². The summed E-state index contributed by atoms with van der Waals surface area (Å²) in [5.41, 5.74) is 0.0857. The standard InChI is InChI=1S/C20H32FN5O.HI/c1-5-22-18(27)20(3,4)15-24-19(23-6-2)26-13-11-25(12-14-26)17-10-8-7-9-16(17)21;/h7-10H,5-6,11-15H2,1-4H3,(H,22,27)(H,23,24);1H. The molecular weight excluding hydrogens is 472 g/mol. The van der Waals surface area contributed by atoms with Gasteiger partial charge in [0.1, 0.15) is 5.82 Å². The number of piperazine rings is 1. The maximum atomic E-state index is 14.0. The van der Waals surface area contributed by atoms with Crippen molar-refractivity contribution in [2.24, 2.45) is 10.4 Å². The summed E-state index contributed by atoms with van der Waals surface area (Å²) in [5, 5.41) is 6.18. The Morgan fingerprint density at radius 3 is 2.29 bits per heavy atom. The molecule has 1 fully saturated rings. The molecule has 28 heavy (non-hydrogen) atoms. The van der Waals surface area contributed by atoms with Gasteiger partial charge in [0.2, 0.25) is 5.91 Å². The maximum absolute atomic E-state index is 14.0. The molecular formula is C20H33FIN5O. The number of nitrogens with one attached hydrogen (secondary N) is 2. The molecule has 0 aromatic heterocycles. The number of hydrogen-bond acceptors (Lipinski definition) is 3. The summed E-state index contributed by atoms with van der Waals surface area (Å²) in [6.07, 6.45) is 0. The van der Waals surface area contributed by atoms with Crippen LogP contribution in [0.1, 0.15) is 27.7 Å². The van der Waals surface area contributed by atoms with Gasteiger partial charge < -0.3 is 20.4 Å². The Balaban J connectivity index is 0.00000392. The van der Waals surface area contributed by atoms with Gasteiger partial charge in [-0.25, -0.2) is 4.39 Å². The molecule has 1 amide bonds. The Morgan fingerprint density at radius 1 is 1.11 bits per heavy atom. The summed E-state index contributed by atoms with van der Waals surface area (Å²) in [6.45, 7) is 12.5. The fourth-order valence-corrected chi connectivity index (χ4v) is 3.04. The Morgan fingerprint density at radius 2 is 1.71 bits per heavy atom. The predicted octanol–water partition coefficient (Wildman–Crippen LogP) is 2.69. The zero-order valence-corrected chi connectivity index (χ0v) is 19.6. The molecule has 0 atom stereocenters. The number of anilines is 1. The van der Waals surface area contributed by atoms with Gasteiger partial charge in [-0.05, 0) is 39.8 Å². The first-order valence-corrected chi connectivity index (χ1v) is 9.70. The minimum atomic E-state index is -0.564. The number of carbonyl (C=O) groups is 1. The van der Waals surface area contributed by atoms with Gasteiger partial charge in [0.05, 0.1) is 17.6 Å². The van der Waals surface area contributed by atoms with E-state index in [1.165, 1.54) is 6.07 Å². The minimum absolute atomic E-state index is 0. The SMILES string of the molecule is CCNC(=O)C(C)(C)CN=C(NCC)N1CCN(c2ccccc2F)CC1.I. The predicted molar refractivity (Wildman–Crippen MR) is 124 cm³/mol. The van der Waals surface area contributed by atoms with Crippen LogP contribution in [0, 0.1) is 11.2 Å². The van der Waals surface area contributed by atoms with E-state index in [1.54, 1.807) is 6.07 Å². The molecule has 0 radical (unpaired) electrons. The molecule has 1 aliphatic heterocycles. The maximum Gasteiger partial charge on any atom is 0.227 e. The molecule has 1 saturated heterocycles. The fraction of sp³-hybridized carbons (Fsp3) is 0.600. The highest BCUT2D eigenvalue weighted by atomic mass is 127. The van der Waals surface area contributed by atoms with Gasteiger partial charge in [-0.2, -0.15) is 0 Å². The van der Waals surface area contributed by atoms with Gasteiger partial charge in [-0.15, -0.1) is 24.0 Å². The van der Waals surface area contributed by atoms with Crippen molar-refractivity contribution in [3.8, 4) is 0 Å². The first-order chi connectivity index (χ1) is 12.9. The summed E-state index contributed by atoms with van der Waals surface area (Å²) >= 11 is 0. The number of halogens is 2. The molecule has 1 heterocycles. The van der Waals surface area contributed by atoms with Crippen LogP contribution in [-0.4, -0.2) is 62.6 Å². The number of amides is 1. The summed E-state index contributed by atoms with van der Waals surface area (Å²) in [5.74, 6) is 0.632. The normalized spacial score (nSPS) is 15.1. The van der Waals surface area contributed by atoms with Crippen LogP contribution < -0.4 is 15.5 Å². The topological polar surface area (TPSA) is 60.0 Å². The van der Waals surface area contributed by atoms with Crippen LogP contribution in [0.2, 0.25) is 0 Å². The lowest BCUT2D eigenvalue weighted by molar-refractivity contribution is -0.128. The average molecular weight is 505 g/mol. The second-order valence-corrected chi connectivity index (χ2v) is 7.34. The van der Waals surface area contributed by atoms with Gasteiger partial charge in [-0.3, -0.25) is 9.79 Å². The second-order valence-electron chi connectivity index (χ2n) is 7.34. The van der Waals surface area contributed by atoms with Crippen LogP contribution >= 0.6 is 24.0 Å². The Bertz CT molecular complexity index is 660. The summed E-state index contributed by atoms with van der Waals surface area (Å²) in [6, 6.07) is 6.89. The number of rotatable bonds is 6. The molecule has 6 nitrogen and oxygen atoms in total. The van der Waals surface area contributed by atoms with Crippen LogP contribution in [0.5, 0.6) is 0 Å². The zero-order chi connectivity index (χ0) is 19.9. The lowest BCUT2D eigenvalue weighted by atomic mass is 9.92. The molecule has 0 bridgehead atoms. The van der Waals surface area contributed by atoms with Gasteiger partial charge in [0.25, 0.3) is 0 Å². The van der Waals surface area contributed by atoms with Gasteiger partial charge >= 0.3 is 0 Å². The summed E-state index contributed by atoms with van der Waals surface area (Å²) in [4.78, 5) is 21.1. The highest BCUT2D eigenvalue weighted by Crippen LogP contribution is 2.20. The van der Waals surface area contributed by atoms with E-state index in [0.717, 1.165) is 38.7 Å². The van der Waals surface area contributed by atoms with Crippen LogP contribution in [0.3, 0.4) is 0 Å². The monoisotopic (exact) mass is 505 g/mol. The second kappa shape index (κ2) is 11.4. The van der Waals surface area contributed by atoms with E-state index in [4.69, 9.17) is 4.99 Å². The van der Waals surface area contributed by atoms with Crippen LogP contribution in [0.4, 0.5) is 10.1 Å². The molecule has 158 valence electrons. The van der Waals surface area contributed by atoms with Crippen LogP contribution in [0.25, 0.3) is 0 Å². The van der Waals surface area contributed by atoms with Crippen molar-refractivity contribution in [2.45, 2.75) is 27.7 Å². The number of para-hydroxylation sites is 1. The summed E-state index contributed by atoms with van der Waals surface area (Å²) in [7, 11) is 0. The highest BCUT2D eigenvalue weighted by Gasteiger charge is 2.28. The Hall–Kier alpha value is -1.58. The van der Waals surface area contributed by atoms with Crippen molar-refractivity contribution in [2.75, 3.05) is 50.7 Å². The number of carbonyl (C=O) groups excluding carboxylic acids is 1. The van der Waals surface area contributed by atoms with Crippen LogP contribution in [-0.2, 0) is 4.79 Å². The number of nitrogens with zero attached hydrogens (tertiary/aromatic N) is 3. The molecule has 2 rings (SSSR count). The molecule has 2 N–H and O–H groups in total. The third kappa shape index (κ3) is 6.49. The molecule has 8 heteroatoms. The van der Waals surface area contributed by atoms with E-state index in [1.807, 2.05) is 39.8 Å². The highest BCUT2D eigenvalue weighted by molar-refractivity contribution is 14.0. The fourth-order valence-electron chi connectivity index (χ4n) is 3.04. The van der Waals surface area contributed by atoms with Gasteiger partial charge in [-0.1, -0.05) is 12.1 Å². The zero-order valence-electron chi connectivity index (χ0n) is 17.3. The smallest absolute Gasteiger partial charge is 0.227 e. The molecule has 1 aliphatic rings. The largest absolute Gasteiger partial charge is 0.366 e. The lowest BCUT2D eigenvalue weighted by Crippen LogP contribution is -2.53. The van der Waals surface area contributed by atoms with Crippen LogP contribution in [0.15, 0.2) is 29.3 Å². The number of guanidine groups is 1. The number of aliphatic imine (C=N–C) groups is 1. The third-order valence-electron chi connectivity index (χ3n) is 4.68. The third-order valence-corrected chi connectivity index (χ3v) is 4.68. The van der Waals surface area contributed by atoms with Crippen molar-refractivity contribution in [1.29, 1.82) is 0 Å². The molecule has 0 aliphatic carbocycles. The molecule has 0 unspecified atom stereocenters. The van der Waals surface area contributed by atoms with E-state index < -0.39 is 5.41 Å². The molecule has 1 aromatic carbocycles. The first kappa shape index (κ1) is 24.5. The van der Waals surface area contributed by atoms with Crippen molar-refractivity contribution < 1.29 is 9.18 Å². The number of hydrogen-bond donors (Lipinski definition) is 2. The Labute approximate surface area is 185 Å². The van der Waals surface area contributed by atoms with E-state index in [-0.39, 0.29) is 35.7 Å². The van der Waals surface area contributed by atoms with Crippen molar-refractivity contribution in [1.82, 2.24) is 15.5 Å². The van der Waals surface area contributed by atoms with Gasteiger partial charge in [0.15, 0.2) is 5.96 Å². The van der Waals surface area contributed by atoms with Crippen molar-refractivity contribution in [3.63, 3.8) is 0 Å². The minimum Gasteiger partial charge on any atom is -0.366 e. The van der Waals surface area contributed by atoms with E-state index >= 15 is 0 Å². The first-order valence-electron chi connectivity index (χ1n) is 9.70. The van der Waals surface area contributed by atoms with Crippen molar-refractivity contribution >= 4 is 41.5 Å². The quantitative estimate of drug-likeness (QED) is 0.355.